The molecular weight excluding hydrogens is 454 g/mol. The van der Waals surface area contributed by atoms with Gasteiger partial charge in [0.15, 0.2) is 0 Å². The lowest BCUT2D eigenvalue weighted by Gasteiger charge is -2.28. The van der Waals surface area contributed by atoms with Gasteiger partial charge in [-0.2, -0.15) is 0 Å². The minimum absolute atomic E-state index is 0.147. The third-order valence-corrected chi connectivity index (χ3v) is 7.02. The van der Waals surface area contributed by atoms with Gasteiger partial charge in [0.25, 0.3) is 0 Å². The predicted molar refractivity (Wildman–Crippen MR) is 123 cm³/mol. The van der Waals surface area contributed by atoms with Crippen LogP contribution in [0.4, 0.5) is 4.79 Å². The van der Waals surface area contributed by atoms with Gasteiger partial charge >= 0.3 is 20.9 Å². The average molecular weight is 496 g/mol. The Balaban J connectivity index is 3.58. The molecule has 0 aliphatic carbocycles. The number of rotatable bonds is 23. The first-order chi connectivity index (χ1) is 16.0. The van der Waals surface area contributed by atoms with Crippen LogP contribution in [0.2, 0.25) is 6.04 Å². The summed E-state index contributed by atoms with van der Waals surface area (Å²) in [6.07, 6.45) is 1.27. The van der Waals surface area contributed by atoms with Crippen molar-refractivity contribution in [3.8, 4) is 0 Å². The van der Waals surface area contributed by atoms with E-state index >= 15 is 0 Å². The van der Waals surface area contributed by atoms with Gasteiger partial charge in [0.2, 0.25) is 0 Å². The van der Waals surface area contributed by atoms with E-state index in [9.17, 15) is 9.59 Å². The molecule has 0 spiro atoms. The molecule has 0 heterocycles. The van der Waals surface area contributed by atoms with Crippen LogP contribution in [0.5, 0.6) is 0 Å². The van der Waals surface area contributed by atoms with Crippen LogP contribution in [-0.4, -0.2) is 100 Å². The fourth-order valence-electron chi connectivity index (χ4n) is 2.54. The van der Waals surface area contributed by atoms with Crippen LogP contribution in [0.1, 0.15) is 27.2 Å². The second-order valence-corrected chi connectivity index (χ2v) is 9.09. The first kappa shape index (κ1) is 31.5. The van der Waals surface area contributed by atoms with E-state index in [1.165, 1.54) is 0 Å². The average Bonchev–Trinajstić information content (AvgIpc) is 2.80. The number of carbonyl (C=O) groups is 2. The lowest BCUT2D eigenvalue weighted by molar-refractivity contribution is -0.139. The summed E-state index contributed by atoms with van der Waals surface area (Å²) in [4.78, 5) is 22.5. The molecule has 0 rings (SSSR count). The molecule has 194 valence electrons. The number of carbonyl (C=O) groups excluding carboxylic acids is 2. The number of esters is 1. The van der Waals surface area contributed by atoms with Crippen molar-refractivity contribution in [3.63, 3.8) is 0 Å². The zero-order chi connectivity index (χ0) is 24.6. The number of ether oxygens (including phenoxy) is 5. The molecule has 1 amide bonds. The molecule has 0 unspecified atom stereocenters. The second kappa shape index (κ2) is 22.3. The van der Waals surface area contributed by atoms with Crippen molar-refractivity contribution in [1.82, 2.24) is 5.32 Å². The van der Waals surface area contributed by atoms with Gasteiger partial charge in [-0.3, -0.25) is 0 Å². The molecule has 11 nitrogen and oxygen atoms in total. The summed E-state index contributed by atoms with van der Waals surface area (Å²) < 4.78 is 43.1. The van der Waals surface area contributed by atoms with Gasteiger partial charge in [-0.15, -0.1) is 0 Å². The molecule has 0 radical (unpaired) electrons. The van der Waals surface area contributed by atoms with Gasteiger partial charge < -0.3 is 42.3 Å². The molecule has 0 aliphatic heterocycles. The zero-order valence-electron chi connectivity index (χ0n) is 20.3. The number of alkyl carbamates (subject to hydrolysis) is 1. The van der Waals surface area contributed by atoms with E-state index in [1.54, 1.807) is 0 Å². The van der Waals surface area contributed by atoms with E-state index in [0.717, 1.165) is 6.08 Å². The minimum Gasteiger partial charge on any atom is -0.460 e. The topological polar surface area (TPSA) is 120 Å². The largest absolute Gasteiger partial charge is 0.500 e. The number of hydrogen-bond acceptors (Lipinski definition) is 10. The summed E-state index contributed by atoms with van der Waals surface area (Å²) in [5.41, 5.74) is 0. The normalized spacial score (nSPS) is 11.2. The summed E-state index contributed by atoms with van der Waals surface area (Å²) >= 11 is 0. The maximum absolute atomic E-state index is 11.7. The Labute approximate surface area is 198 Å². The van der Waals surface area contributed by atoms with Crippen LogP contribution in [0.15, 0.2) is 12.7 Å². The monoisotopic (exact) mass is 495 g/mol. The number of nitrogens with one attached hydrogen (secondary N) is 1. The standard InChI is InChI=1S/C21H41NO10Si/c1-5-20(23)28-17-15-26-13-11-25-12-14-27-16-18-29-21(24)22-10-9-19-33(30-6-2,31-7-3)32-8-4/h5H,1,6-19H2,2-4H3,(H,22,24). The Morgan fingerprint density at radius 1 is 0.758 bits per heavy atom. The van der Waals surface area contributed by atoms with Crippen LogP contribution in [-0.2, 0) is 41.8 Å². The predicted octanol–water partition coefficient (Wildman–Crippen LogP) is 1.93. The minimum atomic E-state index is -2.69. The van der Waals surface area contributed by atoms with Gasteiger partial charge in [0.05, 0.1) is 39.6 Å². The fourth-order valence-corrected chi connectivity index (χ4v) is 5.16. The molecule has 0 saturated carbocycles. The van der Waals surface area contributed by atoms with Crippen LogP contribution in [0.25, 0.3) is 0 Å². The van der Waals surface area contributed by atoms with Crippen molar-refractivity contribution in [3.05, 3.63) is 12.7 Å². The van der Waals surface area contributed by atoms with E-state index in [1.807, 2.05) is 20.8 Å². The Hall–Kier alpha value is -1.54. The highest BCUT2D eigenvalue weighted by Gasteiger charge is 2.39. The van der Waals surface area contributed by atoms with Crippen molar-refractivity contribution in [2.24, 2.45) is 0 Å². The van der Waals surface area contributed by atoms with E-state index in [4.69, 9.17) is 37.0 Å². The van der Waals surface area contributed by atoms with E-state index in [-0.39, 0.29) is 19.8 Å². The summed E-state index contributed by atoms with van der Waals surface area (Å²) in [7, 11) is -2.69. The van der Waals surface area contributed by atoms with Crippen LogP contribution >= 0.6 is 0 Å². The number of amides is 1. The van der Waals surface area contributed by atoms with Crippen LogP contribution in [0.3, 0.4) is 0 Å². The first-order valence-corrected chi connectivity index (χ1v) is 13.3. The summed E-state index contributed by atoms with van der Waals surface area (Å²) in [6, 6.07) is 0.625. The Morgan fingerprint density at radius 2 is 1.21 bits per heavy atom. The van der Waals surface area contributed by atoms with Gasteiger partial charge in [-0.05, 0) is 27.2 Å². The molecule has 0 atom stereocenters. The smallest absolute Gasteiger partial charge is 0.460 e. The third-order valence-electron chi connectivity index (χ3n) is 3.87. The van der Waals surface area contributed by atoms with Gasteiger partial charge in [-0.1, -0.05) is 6.58 Å². The molecule has 0 saturated heterocycles. The Morgan fingerprint density at radius 3 is 1.67 bits per heavy atom. The molecule has 0 bridgehead atoms. The molecular formula is C21H41NO10Si. The molecule has 12 heteroatoms. The summed E-state index contributed by atoms with van der Waals surface area (Å²) in [5, 5.41) is 2.70. The van der Waals surface area contributed by atoms with Gasteiger partial charge in [-0.25, -0.2) is 9.59 Å². The quantitative estimate of drug-likeness (QED) is 0.0974. The van der Waals surface area contributed by atoms with E-state index in [0.29, 0.717) is 71.9 Å². The molecule has 0 aromatic carbocycles. The Kier molecular flexibility index (Phi) is 21.2. The van der Waals surface area contributed by atoms with Crippen molar-refractivity contribution >= 4 is 20.9 Å². The molecule has 0 aromatic heterocycles. The Bertz CT molecular complexity index is 492. The number of hydrogen-bond donors (Lipinski definition) is 1. The molecule has 0 aromatic rings. The van der Waals surface area contributed by atoms with Gasteiger partial charge in [0.1, 0.15) is 13.2 Å². The molecule has 33 heavy (non-hydrogen) atoms. The second-order valence-electron chi connectivity index (χ2n) is 6.36. The summed E-state index contributed by atoms with van der Waals surface area (Å²) in [6.45, 7) is 13.5. The lowest BCUT2D eigenvalue weighted by Crippen LogP contribution is -2.46. The SMILES string of the molecule is C=CC(=O)OCCOCCOCCOCCOC(=O)NCCC[Si](OCC)(OCC)OCC. The van der Waals surface area contributed by atoms with Crippen LogP contribution < -0.4 is 5.32 Å². The highest BCUT2D eigenvalue weighted by molar-refractivity contribution is 6.60. The lowest BCUT2D eigenvalue weighted by atomic mass is 10.5. The van der Waals surface area contributed by atoms with Crippen LogP contribution in [0, 0.1) is 0 Å². The molecule has 1 N–H and O–H groups in total. The third kappa shape index (κ3) is 18.6. The van der Waals surface area contributed by atoms with Crippen molar-refractivity contribution in [2.75, 3.05) is 79.2 Å². The van der Waals surface area contributed by atoms with Crippen molar-refractivity contribution in [2.45, 2.75) is 33.2 Å². The summed E-state index contributed by atoms with van der Waals surface area (Å²) in [5.74, 6) is -0.474. The molecule has 0 fully saturated rings. The van der Waals surface area contributed by atoms with E-state index < -0.39 is 20.9 Å². The van der Waals surface area contributed by atoms with Crippen molar-refractivity contribution < 1.29 is 46.6 Å². The maximum atomic E-state index is 11.7. The van der Waals surface area contributed by atoms with Gasteiger partial charge in [0, 0.05) is 38.5 Å². The fraction of sp³-hybridized carbons (Fsp3) is 0.810. The van der Waals surface area contributed by atoms with Crippen molar-refractivity contribution in [1.29, 1.82) is 0 Å². The highest BCUT2D eigenvalue weighted by Crippen LogP contribution is 2.17. The maximum Gasteiger partial charge on any atom is 0.500 e. The van der Waals surface area contributed by atoms with E-state index in [2.05, 4.69) is 11.9 Å². The first-order valence-electron chi connectivity index (χ1n) is 11.4. The zero-order valence-corrected chi connectivity index (χ0v) is 21.3. The molecule has 0 aliphatic rings. The highest BCUT2D eigenvalue weighted by atomic mass is 28.4.